The first-order valence-corrected chi connectivity index (χ1v) is 8.04. The van der Waals surface area contributed by atoms with Crippen LogP contribution in [0.1, 0.15) is 13.8 Å². The van der Waals surface area contributed by atoms with Crippen molar-refractivity contribution < 1.29 is 13.2 Å². The molecule has 0 spiro atoms. The van der Waals surface area contributed by atoms with Crippen LogP contribution in [0.25, 0.3) is 0 Å². The van der Waals surface area contributed by atoms with Crippen molar-refractivity contribution in [3.05, 3.63) is 18.2 Å². The number of benzene rings is 1. The van der Waals surface area contributed by atoms with E-state index < -0.39 is 9.84 Å². The molecule has 1 aromatic rings. The lowest BCUT2D eigenvalue weighted by molar-refractivity contribution is 0.0846. The topological polar surface area (TPSA) is 72.6 Å². The van der Waals surface area contributed by atoms with Gasteiger partial charge in [0.2, 0.25) is 0 Å². The molecule has 0 bridgehead atoms. The minimum absolute atomic E-state index is 0.168. The number of para-hydroxylation sites is 1. The first kappa shape index (κ1) is 15.8. The molecule has 19 heavy (non-hydrogen) atoms. The third-order valence-corrected chi connectivity index (χ3v) is 3.89. The smallest absolute Gasteiger partial charge is 0.177 e. The van der Waals surface area contributed by atoms with Crippen molar-refractivity contribution in [2.24, 2.45) is 0 Å². The SMILES string of the molecule is CC(C)OCCN(C)c1cccc(S(C)(=O)=O)c1N. The molecule has 1 rings (SSSR count). The summed E-state index contributed by atoms with van der Waals surface area (Å²) in [5.41, 5.74) is 6.93. The molecule has 0 fully saturated rings. The largest absolute Gasteiger partial charge is 0.396 e. The molecule has 0 saturated heterocycles. The monoisotopic (exact) mass is 286 g/mol. The van der Waals surface area contributed by atoms with Crippen LogP contribution in [0.2, 0.25) is 0 Å². The number of hydrogen-bond acceptors (Lipinski definition) is 5. The van der Waals surface area contributed by atoms with Crippen LogP contribution in [0.4, 0.5) is 11.4 Å². The average molecular weight is 286 g/mol. The number of hydrogen-bond donors (Lipinski definition) is 1. The van der Waals surface area contributed by atoms with Crippen molar-refractivity contribution in [3.63, 3.8) is 0 Å². The Hall–Kier alpha value is -1.27. The summed E-state index contributed by atoms with van der Waals surface area (Å²) in [5.74, 6) is 0. The molecule has 5 nitrogen and oxygen atoms in total. The quantitative estimate of drug-likeness (QED) is 0.803. The zero-order valence-electron chi connectivity index (χ0n) is 11.9. The third-order valence-electron chi connectivity index (χ3n) is 2.73. The van der Waals surface area contributed by atoms with Crippen molar-refractivity contribution in [2.45, 2.75) is 24.8 Å². The van der Waals surface area contributed by atoms with Crippen LogP contribution < -0.4 is 10.6 Å². The van der Waals surface area contributed by atoms with Crippen molar-refractivity contribution in [3.8, 4) is 0 Å². The van der Waals surface area contributed by atoms with Crippen LogP contribution in [0.5, 0.6) is 0 Å². The Balaban J connectivity index is 2.90. The fraction of sp³-hybridized carbons (Fsp3) is 0.538. The van der Waals surface area contributed by atoms with Gasteiger partial charge in [0.25, 0.3) is 0 Å². The van der Waals surface area contributed by atoms with Crippen molar-refractivity contribution in [2.75, 3.05) is 37.1 Å². The summed E-state index contributed by atoms with van der Waals surface area (Å²) in [6.45, 7) is 5.16. The normalized spacial score (nSPS) is 11.8. The molecule has 2 N–H and O–H groups in total. The Morgan fingerprint density at radius 1 is 1.37 bits per heavy atom. The molecule has 0 atom stereocenters. The van der Waals surface area contributed by atoms with Crippen molar-refractivity contribution in [1.82, 2.24) is 0 Å². The van der Waals surface area contributed by atoms with E-state index in [4.69, 9.17) is 10.5 Å². The molecule has 108 valence electrons. The molecule has 0 aromatic heterocycles. The minimum atomic E-state index is -3.31. The molecule has 0 heterocycles. The predicted octanol–water partition coefficient (Wildman–Crippen LogP) is 1.53. The Morgan fingerprint density at radius 2 is 2.00 bits per heavy atom. The molecule has 1 aromatic carbocycles. The predicted molar refractivity (Wildman–Crippen MR) is 78.3 cm³/mol. The van der Waals surface area contributed by atoms with E-state index >= 15 is 0 Å². The molecule has 0 aliphatic carbocycles. The Bertz CT molecular complexity index is 527. The molecule has 0 radical (unpaired) electrons. The summed E-state index contributed by atoms with van der Waals surface area (Å²) in [7, 11) is -1.44. The van der Waals surface area contributed by atoms with Crippen LogP contribution in [-0.2, 0) is 14.6 Å². The molecule has 0 aliphatic rings. The first-order chi connectivity index (χ1) is 8.73. The Kier molecular flexibility index (Phi) is 5.20. The highest BCUT2D eigenvalue weighted by atomic mass is 32.2. The van der Waals surface area contributed by atoms with E-state index in [0.29, 0.717) is 18.8 Å². The Morgan fingerprint density at radius 3 is 2.53 bits per heavy atom. The highest BCUT2D eigenvalue weighted by molar-refractivity contribution is 7.90. The van der Waals surface area contributed by atoms with Gasteiger partial charge < -0.3 is 15.4 Å². The summed E-state index contributed by atoms with van der Waals surface area (Å²) in [4.78, 5) is 2.06. The minimum Gasteiger partial charge on any atom is -0.396 e. The molecule has 0 amide bonds. The second-order valence-electron chi connectivity index (χ2n) is 4.80. The summed E-state index contributed by atoms with van der Waals surface area (Å²) in [6, 6.07) is 5.02. The number of sulfone groups is 1. The number of nitrogens with two attached hydrogens (primary N) is 1. The maximum absolute atomic E-state index is 11.6. The van der Waals surface area contributed by atoms with E-state index in [1.165, 1.54) is 6.07 Å². The van der Waals surface area contributed by atoms with Crippen LogP contribution in [0, 0.1) is 0 Å². The second-order valence-corrected chi connectivity index (χ2v) is 6.79. The van der Waals surface area contributed by atoms with Crippen LogP contribution >= 0.6 is 0 Å². The number of ether oxygens (including phenoxy) is 1. The molecule has 0 unspecified atom stereocenters. The molecular formula is C13H22N2O3S. The van der Waals surface area contributed by atoms with E-state index in [1.807, 2.05) is 25.8 Å². The fourth-order valence-corrected chi connectivity index (χ4v) is 2.56. The van der Waals surface area contributed by atoms with E-state index in [9.17, 15) is 8.42 Å². The van der Waals surface area contributed by atoms with Gasteiger partial charge in [0.15, 0.2) is 9.84 Å². The lowest BCUT2D eigenvalue weighted by atomic mass is 10.2. The van der Waals surface area contributed by atoms with E-state index in [0.717, 1.165) is 6.26 Å². The standard InChI is InChI=1S/C13H22N2O3S/c1-10(2)18-9-8-15(3)11-6-5-7-12(13(11)14)19(4,16)17/h5-7,10H,8-9,14H2,1-4H3. The zero-order chi connectivity index (χ0) is 14.6. The number of rotatable bonds is 6. The van der Waals surface area contributed by atoms with Crippen LogP contribution in [0.3, 0.4) is 0 Å². The van der Waals surface area contributed by atoms with Crippen molar-refractivity contribution in [1.29, 1.82) is 0 Å². The number of anilines is 2. The van der Waals surface area contributed by atoms with Crippen LogP contribution in [-0.4, -0.2) is 41.0 Å². The van der Waals surface area contributed by atoms with Crippen molar-refractivity contribution >= 4 is 21.2 Å². The van der Waals surface area contributed by atoms with E-state index in [1.54, 1.807) is 12.1 Å². The van der Waals surface area contributed by atoms with Gasteiger partial charge in [-0.05, 0) is 26.0 Å². The Labute approximate surface area is 115 Å². The number of likely N-dealkylation sites (N-methyl/N-ethyl adjacent to an activating group) is 1. The third kappa shape index (κ3) is 4.40. The number of nitrogen functional groups attached to an aromatic ring is 1. The maximum Gasteiger partial charge on any atom is 0.177 e. The van der Waals surface area contributed by atoms with Gasteiger partial charge >= 0.3 is 0 Å². The zero-order valence-corrected chi connectivity index (χ0v) is 12.7. The molecular weight excluding hydrogens is 264 g/mol. The van der Waals surface area contributed by atoms with Gasteiger partial charge in [-0.3, -0.25) is 0 Å². The molecule has 0 aliphatic heterocycles. The average Bonchev–Trinajstić information content (AvgIpc) is 2.26. The van der Waals surface area contributed by atoms with Gasteiger partial charge in [-0.25, -0.2) is 8.42 Å². The van der Waals surface area contributed by atoms with Gasteiger partial charge in [-0.1, -0.05) is 6.07 Å². The van der Waals surface area contributed by atoms with Gasteiger partial charge in [0.05, 0.1) is 29.0 Å². The van der Waals surface area contributed by atoms with Gasteiger partial charge in [-0.15, -0.1) is 0 Å². The maximum atomic E-state index is 11.6. The molecule has 0 saturated carbocycles. The van der Waals surface area contributed by atoms with E-state index in [-0.39, 0.29) is 16.7 Å². The summed E-state index contributed by atoms with van der Waals surface area (Å²) in [5, 5.41) is 0. The highest BCUT2D eigenvalue weighted by Crippen LogP contribution is 2.28. The lowest BCUT2D eigenvalue weighted by Crippen LogP contribution is -2.25. The summed E-state index contributed by atoms with van der Waals surface area (Å²) in [6.07, 6.45) is 1.33. The highest BCUT2D eigenvalue weighted by Gasteiger charge is 2.16. The van der Waals surface area contributed by atoms with Gasteiger partial charge in [0.1, 0.15) is 0 Å². The van der Waals surface area contributed by atoms with Gasteiger partial charge in [-0.2, -0.15) is 0 Å². The number of nitrogens with zero attached hydrogens (tertiary/aromatic N) is 1. The fourth-order valence-electron chi connectivity index (χ4n) is 1.73. The summed E-state index contributed by atoms with van der Waals surface area (Å²) < 4.78 is 28.7. The van der Waals surface area contributed by atoms with Gasteiger partial charge in [0, 0.05) is 19.8 Å². The van der Waals surface area contributed by atoms with Crippen LogP contribution in [0.15, 0.2) is 23.1 Å². The first-order valence-electron chi connectivity index (χ1n) is 6.14. The summed E-state index contributed by atoms with van der Waals surface area (Å²) >= 11 is 0. The van der Waals surface area contributed by atoms with E-state index in [2.05, 4.69) is 0 Å². The second kappa shape index (κ2) is 6.25. The molecule has 6 heteroatoms. The lowest BCUT2D eigenvalue weighted by Gasteiger charge is -2.22.